The van der Waals surface area contributed by atoms with Gasteiger partial charge in [0.25, 0.3) is 5.91 Å². The lowest BCUT2D eigenvalue weighted by Crippen LogP contribution is -2.33. The first-order valence-corrected chi connectivity index (χ1v) is 4.85. The maximum absolute atomic E-state index is 11.6. The molecule has 4 nitrogen and oxygen atoms in total. The normalized spacial score (nSPS) is 11.5. The Labute approximate surface area is 89.6 Å². The van der Waals surface area contributed by atoms with Crippen molar-refractivity contribution in [1.29, 1.82) is 0 Å². The van der Waals surface area contributed by atoms with Crippen LogP contribution in [0.2, 0.25) is 0 Å². The van der Waals surface area contributed by atoms with Crippen LogP contribution in [0, 0.1) is 13.8 Å². The molecule has 1 aromatic heterocycles. The maximum Gasteiger partial charge on any atom is 0.278 e. The number of furan rings is 1. The Kier molecular flexibility index (Phi) is 3.19. The van der Waals surface area contributed by atoms with Gasteiger partial charge in [0.2, 0.25) is 0 Å². The molecule has 0 radical (unpaired) electrons. The molecule has 1 amide bonds. The van der Waals surface area contributed by atoms with Crippen molar-refractivity contribution in [2.45, 2.75) is 40.2 Å². The highest BCUT2D eigenvalue weighted by atomic mass is 16.7. The lowest BCUT2D eigenvalue weighted by molar-refractivity contribution is -0.0590. The number of carbonyl (C=O) groups is 1. The zero-order valence-corrected chi connectivity index (χ0v) is 9.80. The molecule has 0 fully saturated rings. The van der Waals surface area contributed by atoms with Gasteiger partial charge in [0.15, 0.2) is 0 Å². The van der Waals surface area contributed by atoms with E-state index < -0.39 is 5.60 Å². The number of hydrogen-bond donors (Lipinski definition) is 1. The summed E-state index contributed by atoms with van der Waals surface area (Å²) in [6.07, 6.45) is 0. The predicted octanol–water partition coefficient (Wildman–Crippen LogP) is 2.36. The topological polar surface area (TPSA) is 51.5 Å². The average molecular weight is 211 g/mol. The molecule has 0 aromatic carbocycles. The molecule has 0 aliphatic carbocycles. The average Bonchev–Trinajstić information content (AvgIpc) is 2.40. The Hall–Kier alpha value is -1.29. The van der Waals surface area contributed by atoms with E-state index in [2.05, 4.69) is 5.48 Å². The second-order valence-corrected chi connectivity index (χ2v) is 4.47. The second-order valence-electron chi connectivity index (χ2n) is 4.47. The second kappa shape index (κ2) is 4.06. The van der Waals surface area contributed by atoms with Crippen LogP contribution in [-0.2, 0) is 4.84 Å². The third kappa shape index (κ3) is 3.40. The number of aryl methyl sites for hydroxylation is 2. The van der Waals surface area contributed by atoms with Gasteiger partial charge >= 0.3 is 0 Å². The van der Waals surface area contributed by atoms with Gasteiger partial charge in [-0.15, -0.1) is 0 Å². The molecule has 4 heteroatoms. The van der Waals surface area contributed by atoms with Crippen LogP contribution < -0.4 is 5.48 Å². The standard InChI is InChI=1S/C11H17NO3/c1-7-6-9(8(2)14-7)10(13)12-15-11(3,4)5/h6H,1-5H3,(H,12,13). The van der Waals surface area contributed by atoms with Crippen molar-refractivity contribution in [3.05, 3.63) is 23.2 Å². The van der Waals surface area contributed by atoms with Crippen LogP contribution in [0.3, 0.4) is 0 Å². The van der Waals surface area contributed by atoms with Crippen molar-refractivity contribution < 1.29 is 14.0 Å². The molecule has 0 unspecified atom stereocenters. The van der Waals surface area contributed by atoms with E-state index in [4.69, 9.17) is 9.25 Å². The first-order valence-electron chi connectivity index (χ1n) is 4.85. The molecule has 0 saturated heterocycles. The number of carbonyl (C=O) groups excluding carboxylic acids is 1. The molecular weight excluding hydrogens is 194 g/mol. The maximum atomic E-state index is 11.6. The summed E-state index contributed by atoms with van der Waals surface area (Å²) in [5.41, 5.74) is 2.50. The van der Waals surface area contributed by atoms with Gasteiger partial charge < -0.3 is 4.42 Å². The molecule has 0 atom stereocenters. The van der Waals surface area contributed by atoms with Gasteiger partial charge in [-0.25, -0.2) is 5.48 Å². The first kappa shape index (κ1) is 11.8. The van der Waals surface area contributed by atoms with Gasteiger partial charge in [-0.1, -0.05) is 0 Å². The Bertz CT molecular complexity index is 360. The lowest BCUT2D eigenvalue weighted by Gasteiger charge is -2.18. The molecule has 0 bridgehead atoms. The Morgan fingerprint density at radius 2 is 2.00 bits per heavy atom. The van der Waals surface area contributed by atoms with Crippen molar-refractivity contribution in [3.8, 4) is 0 Å². The summed E-state index contributed by atoms with van der Waals surface area (Å²) in [6, 6.07) is 1.69. The Balaban J connectivity index is 2.66. The van der Waals surface area contributed by atoms with Gasteiger partial charge in [-0.3, -0.25) is 9.63 Å². The third-order valence-corrected chi connectivity index (χ3v) is 1.74. The lowest BCUT2D eigenvalue weighted by atomic mass is 10.2. The van der Waals surface area contributed by atoms with E-state index in [1.54, 1.807) is 19.9 Å². The molecule has 1 N–H and O–H groups in total. The van der Waals surface area contributed by atoms with Crippen LogP contribution in [0.15, 0.2) is 10.5 Å². The number of nitrogens with one attached hydrogen (secondary N) is 1. The predicted molar refractivity (Wildman–Crippen MR) is 56.5 cm³/mol. The van der Waals surface area contributed by atoms with E-state index in [0.29, 0.717) is 17.1 Å². The van der Waals surface area contributed by atoms with Crippen molar-refractivity contribution in [2.24, 2.45) is 0 Å². The van der Waals surface area contributed by atoms with E-state index in [1.165, 1.54) is 0 Å². The number of rotatable bonds is 2. The zero-order chi connectivity index (χ0) is 11.6. The summed E-state index contributed by atoms with van der Waals surface area (Å²) < 4.78 is 5.25. The highest BCUT2D eigenvalue weighted by molar-refractivity contribution is 5.94. The number of hydrogen-bond acceptors (Lipinski definition) is 3. The summed E-state index contributed by atoms with van der Waals surface area (Å²) >= 11 is 0. The summed E-state index contributed by atoms with van der Waals surface area (Å²) in [5, 5.41) is 0. The fraction of sp³-hybridized carbons (Fsp3) is 0.545. The molecule has 1 heterocycles. The monoisotopic (exact) mass is 211 g/mol. The number of hydroxylamine groups is 1. The van der Waals surface area contributed by atoms with Gasteiger partial charge in [0.05, 0.1) is 11.2 Å². The quantitative estimate of drug-likeness (QED) is 0.764. The van der Waals surface area contributed by atoms with Gasteiger partial charge in [-0.2, -0.15) is 0 Å². The summed E-state index contributed by atoms with van der Waals surface area (Å²) in [5.74, 6) is 1.04. The van der Waals surface area contributed by atoms with Gasteiger partial charge in [0.1, 0.15) is 11.5 Å². The molecule has 0 saturated carbocycles. The minimum Gasteiger partial charge on any atom is -0.466 e. The largest absolute Gasteiger partial charge is 0.466 e. The van der Waals surface area contributed by atoms with Crippen molar-refractivity contribution in [2.75, 3.05) is 0 Å². The van der Waals surface area contributed by atoms with E-state index in [0.717, 1.165) is 0 Å². The molecule has 0 aliphatic heterocycles. The molecule has 1 aromatic rings. The van der Waals surface area contributed by atoms with Crippen LogP contribution in [0.25, 0.3) is 0 Å². The molecule has 15 heavy (non-hydrogen) atoms. The minimum atomic E-state index is -0.400. The van der Waals surface area contributed by atoms with E-state index in [9.17, 15) is 4.79 Å². The summed E-state index contributed by atoms with van der Waals surface area (Å²) in [6.45, 7) is 9.13. The van der Waals surface area contributed by atoms with Crippen LogP contribution in [0.5, 0.6) is 0 Å². The number of amides is 1. The van der Waals surface area contributed by atoms with Crippen molar-refractivity contribution in [1.82, 2.24) is 5.48 Å². The fourth-order valence-electron chi connectivity index (χ4n) is 1.11. The van der Waals surface area contributed by atoms with Crippen molar-refractivity contribution in [3.63, 3.8) is 0 Å². The third-order valence-electron chi connectivity index (χ3n) is 1.74. The molecule has 0 spiro atoms. The van der Waals surface area contributed by atoms with E-state index in [1.807, 2.05) is 20.8 Å². The molecule has 84 valence electrons. The highest BCUT2D eigenvalue weighted by Crippen LogP contribution is 2.14. The SMILES string of the molecule is Cc1cc(C(=O)NOC(C)(C)C)c(C)o1. The Morgan fingerprint density at radius 3 is 2.40 bits per heavy atom. The summed E-state index contributed by atoms with van der Waals surface area (Å²) in [7, 11) is 0. The van der Waals surface area contributed by atoms with Crippen LogP contribution >= 0.6 is 0 Å². The van der Waals surface area contributed by atoms with E-state index in [-0.39, 0.29) is 5.91 Å². The van der Waals surface area contributed by atoms with Gasteiger partial charge in [0, 0.05) is 0 Å². The highest BCUT2D eigenvalue weighted by Gasteiger charge is 2.17. The molecular formula is C11H17NO3. The molecule has 0 aliphatic rings. The fourth-order valence-corrected chi connectivity index (χ4v) is 1.11. The van der Waals surface area contributed by atoms with Gasteiger partial charge in [-0.05, 0) is 40.7 Å². The van der Waals surface area contributed by atoms with E-state index >= 15 is 0 Å². The molecule has 1 rings (SSSR count). The van der Waals surface area contributed by atoms with Crippen LogP contribution in [0.1, 0.15) is 42.6 Å². The van der Waals surface area contributed by atoms with Crippen molar-refractivity contribution >= 4 is 5.91 Å². The summed E-state index contributed by atoms with van der Waals surface area (Å²) in [4.78, 5) is 16.8. The van der Waals surface area contributed by atoms with Crippen LogP contribution in [0.4, 0.5) is 0 Å². The smallest absolute Gasteiger partial charge is 0.278 e. The Morgan fingerprint density at radius 1 is 1.40 bits per heavy atom. The first-order chi connectivity index (χ1) is 6.79. The minimum absolute atomic E-state index is 0.278. The zero-order valence-electron chi connectivity index (χ0n) is 9.80. The van der Waals surface area contributed by atoms with Crippen LogP contribution in [-0.4, -0.2) is 11.5 Å².